The molecule has 0 aliphatic heterocycles. The zero-order valence-corrected chi connectivity index (χ0v) is 6.16. The van der Waals surface area contributed by atoms with Crippen LogP contribution in [0.15, 0.2) is 0 Å². The maximum Gasteiger partial charge on any atom is 0.151 e. The summed E-state index contributed by atoms with van der Waals surface area (Å²) in [5.74, 6) is 0. The Balaban J connectivity index is 4.51. The molecule has 6 heteroatoms. The first-order valence-corrected chi connectivity index (χ1v) is 3.20. The summed E-state index contributed by atoms with van der Waals surface area (Å²) in [6.07, 6.45) is -9.15. The Bertz CT molecular complexity index is 173. The highest BCUT2D eigenvalue weighted by molar-refractivity contribution is 5.56. The lowest BCUT2D eigenvalue weighted by molar-refractivity contribution is -0.136. The summed E-state index contributed by atoms with van der Waals surface area (Å²) in [4.78, 5) is 9.98. The minimum absolute atomic E-state index is 0.152. The average molecular weight is 182 g/mol. The van der Waals surface area contributed by atoms with E-state index in [9.17, 15) is 4.79 Å². The van der Waals surface area contributed by atoms with E-state index in [1.807, 2.05) is 0 Å². The zero-order chi connectivity index (χ0) is 10.6. The van der Waals surface area contributed by atoms with Crippen LogP contribution in [0.1, 0.15) is 1.37 Å². The largest absolute Gasteiger partial charge is 0.394 e. The van der Waals surface area contributed by atoms with Gasteiger partial charge in [-0.1, -0.05) is 0 Å². The van der Waals surface area contributed by atoms with E-state index in [0.29, 0.717) is 0 Å². The van der Waals surface area contributed by atoms with Gasteiger partial charge >= 0.3 is 0 Å². The van der Waals surface area contributed by atoms with E-state index in [4.69, 9.17) is 26.9 Å². The average Bonchev–Trinajstić information content (AvgIpc) is 2.13. The van der Waals surface area contributed by atoms with Gasteiger partial charge in [0.1, 0.15) is 24.4 Å². The second kappa shape index (κ2) is 5.18. The van der Waals surface area contributed by atoms with Crippen LogP contribution in [0.4, 0.5) is 0 Å². The Hall–Kier alpha value is -0.530. The molecule has 0 bridgehead atoms. The van der Waals surface area contributed by atoms with Crippen molar-refractivity contribution in [3.63, 3.8) is 0 Å². The number of carbonyl (C=O) groups excluding carboxylic acids is 1. The second-order valence-electron chi connectivity index (χ2n) is 2.20. The molecule has 0 aromatic rings. The summed E-state index contributed by atoms with van der Waals surface area (Å²) in [7, 11) is 0. The van der Waals surface area contributed by atoms with Crippen LogP contribution in [-0.4, -0.2) is 62.8 Å². The topological polar surface area (TPSA) is 118 Å². The van der Waals surface area contributed by atoms with E-state index in [1.165, 1.54) is 0 Å². The van der Waals surface area contributed by atoms with Gasteiger partial charge in [0.25, 0.3) is 0 Å². The van der Waals surface area contributed by atoms with Gasteiger partial charge in [-0.05, 0) is 0 Å². The summed E-state index contributed by atoms with van der Waals surface area (Å²) in [6.45, 7) is -0.895. The van der Waals surface area contributed by atoms with Crippen molar-refractivity contribution in [1.82, 2.24) is 0 Å². The van der Waals surface area contributed by atoms with Crippen molar-refractivity contribution < 1.29 is 31.7 Å². The van der Waals surface area contributed by atoms with Gasteiger partial charge in [0.2, 0.25) is 0 Å². The molecule has 0 aliphatic carbocycles. The lowest BCUT2D eigenvalue weighted by atomic mass is 10.2. The molecule has 0 radical (unpaired) electrons. The highest BCUT2D eigenvalue weighted by atomic mass is 16.4. The molecule has 0 heterocycles. The first-order valence-electron chi connectivity index (χ1n) is 3.70. The Morgan fingerprint density at radius 3 is 2.17 bits per heavy atom. The summed E-state index contributed by atoms with van der Waals surface area (Å²) < 4.78 is 6.93. The van der Waals surface area contributed by atoms with Crippen LogP contribution >= 0.6 is 0 Å². The van der Waals surface area contributed by atoms with Crippen LogP contribution in [-0.2, 0) is 4.79 Å². The molecule has 0 saturated heterocycles. The van der Waals surface area contributed by atoms with Gasteiger partial charge in [0.05, 0.1) is 7.98 Å². The molecule has 0 spiro atoms. The first kappa shape index (κ1) is 9.56. The normalized spacial score (nSPS) is 24.9. The number of hydrogen-bond acceptors (Lipinski definition) is 6. The maximum atomic E-state index is 9.98. The minimum atomic E-state index is -2.93. The molecule has 0 aromatic carbocycles. The number of aldehydes is 1. The van der Waals surface area contributed by atoms with E-state index in [0.717, 1.165) is 0 Å². The summed E-state index contributed by atoms with van der Waals surface area (Å²) in [5.41, 5.74) is 0. The summed E-state index contributed by atoms with van der Waals surface area (Å²) >= 11 is 0. The molecular weight excluding hydrogens is 169 g/mol. The number of aliphatic hydroxyl groups excluding tert-OH is 4. The number of aliphatic hydroxyl groups is 5. The Morgan fingerprint density at radius 1 is 1.33 bits per heavy atom. The molecule has 6 nitrogen and oxygen atoms in total. The molecular formula is C6H12O6. The third-order valence-corrected chi connectivity index (χ3v) is 1.29. The van der Waals surface area contributed by atoms with Crippen LogP contribution in [0.3, 0.4) is 0 Å². The molecule has 4 atom stereocenters. The molecule has 0 aromatic heterocycles. The number of hydrogen-bond donors (Lipinski definition) is 5. The quantitative estimate of drug-likeness (QED) is 0.223. The van der Waals surface area contributed by atoms with Gasteiger partial charge in [-0.25, -0.2) is 0 Å². The lowest BCUT2D eigenvalue weighted by Crippen LogP contribution is -2.46. The Morgan fingerprint density at radius 2 is 1.83 bits per heavy atom. The Labute approximate surface area is 70.1 Å². The molecule has 0 fully saturated rings. The van der Waals surface area contributed by atoms with Crippen molar-refractivity contribution in [2.75, 3.05) is 6.61 Å². The van der Waals surface area contributed by atoms with Gasteiger partial charge in [-0.3, -0.25) is 0 Å². The van der Waals surface area contributed by atoms with Crippen LogP contribution in [0.2, 0.25) is 0 Å². The van der Waals surface area contributed by atoms with Crippen LogP contribution in [0, 0.1) is 0 Å². The van der Waals surface area contributed by atoms with Gasteiger partial charge < -0.3 is 30.3 Å². The van der Waals surface area contributed by atoms with Gasteiger partial charge in [-0.15, -0.1) is 0 Å². The smallest absolute Gasteiger partial charge is 0.151 e. The highest BCUT2D eigenvalue weighted by Crippen LogP contribution is 2.02. The second-order valence-corrected chi connectivity index (χ2v) is 2.20. The van der Waals surface area contributed by atoms with Crippen molar-refractivity contribution in [3.8, 4) is 0 Å². The SMILES string of the molecule is [2H][13C@@](O)([C@H](O)C=O)[C@H](O)[C@H](O)CO. The molecule has 0 amide bonds. The monoisotopic (exact) mass is 182 g/mol. The first-order chi connectivity index (χ1) is 5.87. The molecule has 5 N–H and O–H groups in total. The molecule has 0 rings (SSSR count). The maximum absolute atomic E-state index is 9.98. The van der Waals surface area contributed by atoms with Crippen LogP contribution in [0.25, 0.3) is 0 Å². The van der Waals surface area contributed by atoms with Crippen LogP contribution in [0.5, 0.6) is 0 Å². The van der Waals surface area contributed by atoms with Gasteiger partial charge in [-0.2, -0.15) is 0 Å². The molecule has 72 valence electrons. The third kappa shape index (κ3) is 2.84. The van der Waals surface area contributed by atoms with E-state index < -0.39 is 31.0 Å². The number of carbonyl (C=O) groups is 1. The van der Waals surface area contributed by atoms with E-state index in [1.54, 1.807) is 0 Å². The Kier molecular flexibility index (Phi) is 4.12. The van der Waals surface area contributed by atoms with Crippen molar-refractivity contribution in [2.45, 2.75) is 24.4 Å². The standard InChI is InChI=1S/C6H12O6/c7-1-3(9)5(11)6(12)4(10)2-8/h1,3-6,8-12H,2H2/t3-,4-,5-,6-/m1/s1/i5+1D. The number of rotatable bonds is 5. The summed E-state index contributed by atoms with van der Waals surface area (Å²) in [5, 5.41) is 43.9. The predicted octanol–water partition coefficient (Wildman–Crippen LogP) is -3.38. The van der Waals surface area contributed by atoms with Crippen molar-refractivity contribution in [3.05, 3.63) is 0 Å². The lowest BCUT2D eigenvalue weighted by Gasteiger charge is -2.22. The minimum Gasteiger partial charge on any atom is -0.394 e. The van der Waals surface area contributed by atoms with Crippen molar-refractivity contribution in [1.29, 1.82) is 0 Å². The predicted molar refractivity (Wildman–Crippen MR) is 37.2 cm³/mol. The van der Waals surface area contributed by atoms with E-state index in [2.05, 4.69) is 0 Å². The molecule has 0 saturated carbocycles. The molecule has 0 aliphatic rings. The fraction of sp³-hybridized carbons (Fsp3) is 0.833. The highest BCUT2D eigenvalue weighted by Gasteiger charge is 2.29. The third-order valence-electron chi connectivity index (χ3n) is 1.29. The fourth-order valence-corrected chi connectivity index (χ4v) is 0.542. The van der Waals surface area contributed by atoms with Gasteiger partial charge in [0, 0.05) is 0 Å². The zero-order valence-electron chi connectivity index (χ0n) is 7.16. The summed E-state index contributed by atoms with van der Waals surface area (Å²) in [6, 6.07) is 0. The van der Waals surface area contributed by atoms with Crippen LogP contribution < -0.4 is 0 Å². The van der Waals surface area contributed by atoms with Crippen molar-refractivity contribution in [2.24, 2.45) is 0 Å². The molecule has 0 unspecified atom stereocenters. The van der Waals surface area contributed by atoms with E-state index >= 15 is 0 Å². The van der Waals surface area contributed by atoms with E-state index in [-0.39, 0.29) is 6.29 Å². The fourth-order valence-electron chi connectivity index (χ4n) is 0.542. The molecule has 12 heavy (non-hydrogen) atoms. The van der Waals surface area contributed by atoms with Crippen molar-refractivity contribution >= 4 is 6.29 Å². The van der Waals surface area contributed by atoms with Gasteiger partial charge in [0.15, 0.2) is 6.29 Å².